The second kappa shape index (κ2) is 8.64. The maximum absolute atomic E-state index is 15.0. The summed E-state index contributed by atoms with van der Waals surface area (Å²) in [5, 5.41) is 11.5. The molecular formula is C21H17F4N5O2S. The molecule has 33 heavy (non-hydrogen) atoms. The van der Waals surface area contributed by atoms with Gasteiger partial charge in [0.15, 0.2) is 11.3 Å². The molecule has 0 bridgehead atoms. The lowest BCUT2D eigenvalue weighted by Crippen LogP contribution is -2.53. The van der Waals surface area contributed by atoms with Crippen LogP contribution in [0.1, 0.15) is 28.0 Å². The number of alkyl halides is 3. The van der Waals surface area contributed by atoms with Crippen molar-refractivity contribution in [3.05, 3.63) is 59.2 Å². The Hall–Kier alpha value is -3.17. The molecule has 1 aromatic heterocycles. The van der Waals surface area contributed by atoms with Crippen LogP contribution >= 0.6 is 11.8 Å². The number of nitrogens with one attached hydrogen (secondary N) is 1. The Morgan fingerprint density at radius 2 is 2.12 bits per heavy atom. The van der Waals surface area contributed by atoms with Gasteiger partial charge in [-0.2, -0.15) is 18.4 Å². The molecule has 1 aromatic carbocycles. The molecular weight excluding hydrogens is 462 g/mol. The van der Waals surface area contributed by atoms with Crippen LogP contribution in [-0.2, 0) is 10.3 Å². The SMILES string of the molecule is N#Cc1ccc(C(=O)Nc2ccc(F)c(C34COC(C(F)(F)F)CC3CSC(N)=N4)c2)nc1. The zero-order valence-corrected chi connectivity index (χ0v) is 17.7. The molecule has 4 rings (SSSR count). The number of ether oxygens (including phenoxy) is 1. The molecule has 2 aliphatic heterocycles. The lowest BCUT2D eigenvalue weighted by Gasteiger charge is -2.46. The molecule has 3 N–H and O–H groups in total. The number of pyridine rings is 1. The Bertz CT molecular complexity index is 1150. The number of thioether (sulfide) groups is 1. The molecule has 0 spiro atoms. The van der Waals surface area contributed by atoms with E-state index in [9.17, 15) is 22.4 Å². The van der Waals surface area contributed by atoms with Gasteiger partial charge in [-0.3, -0.25) is 4.79 Å². The predicted molar refractivity (Wildman–Crippen MR) is 113 cm³/mol. The number of nitrogens with zero attached hydrogens (tertiary/aromatic N) is 3. The number of halogens is 4. The number of aromatic nitrogens is 1. The van der Waals surface area contributed by atoms with Crippen molar-refractivity contribution in [2.45, 2.75) is 24.2 Å². The molecule has 3 heterocycles. The number of carbonyl (C=O) groups excluding carboxylic acids is 1. The highest BCUT2D eigenvalue weighted by atomic mass is 32.2. The number of nitriles is 1. The van der Waals surface area contributed by atoms with E-state index in [4.69, 9.17) is 15.7 Å². The normalized spacial score (nSPS) is 24.9. The minimum absolute atomic E-state index is 0.0121. The summed E-state index contributed by atoms with van der Waals surface area (Å²) in [6.07, 6.45) is -5.67. The molecule has 0 aliphatic carbocycles. The van der Waals surface area contributed by atoms with Gasteiger partial charge in [-0.25, -0.2) is 14.4 Å². The van der Waals surface area contributed by atoms with Crippen LogP contribution in [0, 0.1) is 23.1 Å². The summed E-state index contributed by atoms with van der Waals surface area (Å²) < 4.78 is 59.9. The maximum atomic E-state index is 15.0. The van der Waals surface area contributed by atoms with Gasteiger partial charge in [-0.15, -0.1) is 0 Å². The summed E-state index contributed by atoms with van der Waals surface area (Å²) in [4.78, 5) is 20.8. The Labute approximate surface area is 190 Å². The second-order valence-corrected chi connectivity index (χ2v) is 8.69. The molecule has 1 amide bonds. The number of hydrogen-bond acceptors (Lipinski definition) is 7. The smallest absolute Gasteiger partial charge is 0.379 e. The molecule has 0 saturated carbocycles. The second-order valence-electron chi connectivity index (χ2n) is 7.65. The average Bonchev–Trinajstić information content (AvgIpc) is 2.79. The number of aliphatic imine (C=N–C) groups is 1. The number of nitrogens with two attached hydrogens (primary N) is 1. The van der Waals surface area contributed by atoms with Crippen molar-refractivity contribution in [1.82, 2.24) is 4.98 Å². The number of rotatable bonds is 3. The molecule has 0 radical (unpaired) electrons. The number of anilines is 1. The summed E-state index contributed by atoms with van der Waals surface area (Å²) in [6, 6.07) is 8.43. The van der Waals surface area contributed by atoms with Crippen LogP contribution in [0.4, 0.5) is 23.2 Å². The fraction of sp³-hybridized carbons (Fsp3) is 0.333. The van der Waals surface area contributed by atoms with Crippen LogP contribution in [0.25, 0.3) is 0 Å². The molecule has 1 saturated heterocycles. The molecule has 2 aliphatic rings. The highest BCUT2D eigenvalue weighted by Crippen LogP contribution is 2.49. The summed E-state index contributed by atoms with van der Waals surface area (Å²) in [5.41, 5.74) is 4.91. The fourth-order valence-corrected chi connectivity index (χ4v) is 4.93. The molecule has 7 nitrogen and oxygen atoms in total. The quantitative estimate of drug-likeness (QED) is 0.651. The van der Waals surface area contributed by atoms with E-state index in [0.29, 0.717) is 0 Å². The summed E-state index contributed by atoms with van der Waals surface area (Å²) in [6.45, 7) is -0.505. The number of amidine groups is 1. The molecule has 3 unspecified atom stereocenters. The number of benzene rings is 1. The van der Waals surface area contributed by atoms with Crippen LogP contribution in [0.3, 0.4) is 0 Å². The summed E-state index contributed by atoms with van der Waals surface area (Å²) >= 11 is 1.11. The van der Waals surface area contributed by atoms with E-state index < -0.39 is 48.5 Å². The first-order chi connectivity index (χ1) is 15.6. The van der Waals surface area contributed by atoms with E-state index in [-0.39, 0.29) is 33.4 Å². The van der Waals surface area contributed by atoms with Crippen LogP contribution in [0.2, 0.25) is 0 Å². The fourth-order valence-electron chi connectivity index (χ4n) is 3.92. The van der Waals surface area contributed by atoms with E-state index in [1.165, 1.54) is 30.5 Å². The van der Waals surface area contributed by atoms with E-state index in [1.54, 1.807) is 0 Å². The van der Waals surface area contributed by atoms with Gasteiger partial charge in [-0.05, 0) is 36.8 Å². The number of amides is 1. The first kappa shape index (κ1) is 23.0. The molecule has 1 fully saturated rings. The standard InChI is InChI=1S/C21H17F4N5O2S/c22-15-3-2-13(29-18(31)16-4-1-11(7-26)8-28-16)6-14(15)20-10-32-17(21(23,24)25)5-12(20)9-33-19(27)30-20/h1-4,6,8,12,17H,5,9-10H2,(H2,27,30)(H,29,31). The van der Waals surface area contributed by atoms with Gasteiger partial charge in [0, 0.05) is 29.1 Å². The highest BCUT2D eigenvalue weighted by Gasteiger charge is 2.55. The first-order valence-corrected chi connectivity index (χ1v) is 10.7. The van der Waals surface area contributed by atoms with Gasteiger partial charge in [0.05, 0.1) is 12.2 Å². The zero-order chi connectivity index (χ0) is 23.8. The number of hydrogen-bond donors (Lipinski definition) is 2. The maximum Gasteiger partial charge on any atom is 0.414 e. The van der Waals surface area contributed by atoms with Crippen molar-refractivity contribution in [2.75, 3.05) is 17.7 Å². The average molecular weight is 479 g/mol. The van der Waals surface area contributed by atoms with Crippen molar-refractivity contribution in [1.29, 1.82) is 5.26 Å². The third-order valence-corrected chi connectivity index (χ3v) is 6.56. The van der Waals surface area contributed by atoms with E-state index in [0.717, 1.165) is 17.8 Å². The van der Waals surface area contributed by atoms with Gasteiger partial charge < -0.3 is 15.8 Å². The molecule has 12 heteroatoms. The Kier molecular flexibility index (Phi) is 6.02. The lowest BCUT2D eigenvalue weighted by molar-refractivity contribution is -0.245. The third-order valence-electron chi connectivity index (χ3n) is 5.60. The van der Waals surface area contributed by atoms with Crippen molar-refractivity contribution in [3.63, 3.8) is 0 Å². The van der Waals surface area contributed by atoms with Crippen LogP contribution < -0.4 is 11.1 Å². The zero-order valence-electron chi connectivity index (χ0n) is 16.9. The van der Waals surface area contributed by atoms with Gasteiger partial charge in [0.25, 0.3) is 5.91 Å². The van der Waals surface area contributed by atoms with Crippen LogP contribution in [0.15, 0.2) is 41.5 Å². The Morgan fingerprint density at radius 3 is 2.79 bits per heavy atom. The van der Waals surface area contributed by atoms with Crippen molar-refractivity contribution in [2.24, 2.45) is 16.6 Å². The van der Waals surface area contributed by atoms with E-state index in [1.807, 2.05) is 6.07 Å². The third kappa shape index (κ3) is 4.51. The Morgan fingerprint density at radius 1 is 1.33 bits per heavy atom. The van der Waals surface area contributed by atoms with Crippen LogP contribution in [-0.4, -0.2) is 40.7 Å². The van der Waals surface area contributed by atoms with Crippen molar-refractivity contribution < 1.29 is 27.1 Å². The minimum atomic E-state index is -4.55. The molecule has 172 valence electrons. The summed E-state index contributed by atoms with van der Waals surface area (Å²) in [7, 11) is 0. The van der Waals surface area contributed by atoms with Gasteiger partial charge in [-0.1, -0.05) is 11.8 Å². The first-order valence-electron chi connectivity index (χ1n) is 9.76. The van der Waals surface area contributed by atoms with Crippen LogP contribution in [0.5, 0.6) is 0 Å². The number of fused-ring (bicyclic) bond motifs is 1. The van der Waals surface area contributed by atoms with Gasteiger partial charge in [0.1, 0.15) is 23.1 Å². The predicted octanol–water partition coefficient (Wildman–Crippen LogP) is 3.57. The minimum Gasteiger partial charge on any atom is -0.379 e. The monoisotopic (exact) mass is 479 g/mol. The van der Waals surface area contributed by atoms with Gasteiger partial charge in [0.2, 0.25) is 0 Å². The number of carbonyl (C=O) groups is 1. The molecule has 2 aromatic rings. The van der Waals surface area contributed by atoms with E-state index >= 15 is 0 Å². The van der Waals surface area contributed by atoms with Gasteiger partial charge >= 0.3 is 6.18 Å². The Balaban J connectivity index is 1.66. The van der Waals surface area contributed by atoms with E-state index in [2.05, 4.69) is 15.3 Å². The highest BCUT2D eigenvalue weighted by molar-refractivity contribution is 8.13. The topological polar surface area (TPSA) is 113 Å². The molecule has 3 atom stereocenters. The largest absolute Gasteiger partial charge is 0.414 e. The van der Waals surface area contributed by atoms with Crippen molar-refractivity contribution >= 4 is 28.5 Å². The van der Waals surface area contributed by atoms with Crippen molar-refractivity contribution in [3.8, 4) is 6.07 Å². The lowest BCUT2D eigenvalue weighted by atomic mass is 9.74. The summed E-state index contributed by atoms with van der Waals surface area (Å²) in [5.74, 6) is -1.77.